The van der Waals surface area contributed by atoms with Gasteiger partial charge < -0.3 is 0 Å². The summed E-state index contributed by atoms with van der Waals surface area (Å²) < 4.78 is 26.4. The van der Waals surface area contributed by atoms with Gasteiger partial charge in [0.05, 0.1) is 0 Å². The molecule has 0 radical (unpaired) electrons. The van der Waals surface area contributed by atoms with E-state index >= 15 is 0 Å². The summed E-state index contributed by atoms with van der Waals surface area (Å²) >= 11 is 1.23. The van der Waals surface area contributed by atoms with E-state index in [1.54, 1.807) is 17.5 Å². The standard InChI is InChI=1S/C9H15NO2S2/c1-7(2)8(3)10-14(11,12)9-5-4-6-13-9/h4-8,10H,1-3H3/t8-/m1/s1. The molecule has 0 unspecified atom stereocenters. The summed E-state index contributed by atoms with van der Waals surface area (Å²) in [4.78, 5) is 0. The number of sulfonamides is 1. The molecule has 14 heavy (non-hydrogen) atoms. The molecular weight excluding hydrogens is 218 g/mol. The second-order valence-electron chi connectivity index (χ2n) is 3.59. The van der Waals surface area contributed by atoms with Gasteiger partial charge in [-0.3, -0.25) is 0 Å². The molecule has 1 rings (SSSR count). The molecule has 1 atom stereocenters. The first-order chi connectivity index (χ1) is 6.43. The van der Waals surface area contributed by atoms with Crippen LogP contribution in [0.15, 0.2) is 21.7 Å². The highest BCUT2D eigenvalue weighted by Crippen LogP contribution is 2.16. The largest absolute Gasteiger partial charge is 0.250 e. The highest BCUT2D eigenvalue weighted by Gasteiger charge is 2.19. The quantitative estimate of drug-likeness (QED) is 0.865. The van der Waals surface area contributed by atoms with Gasteiger partial charge >= 0.3 is 0 Å². The summed E-state index contributed by atoms with van der Waals surface area (Å²) in [5.41, 5.74) is 0. The molecule has 3 nitrogen and oxygen atoms in total. The minimum Gasteiger partial charge on any atom is -0.207 e. The van der Waals surface area contributed by atoms with Gasteiger partial charge in [-0.25, -0.2) is 13.1 Å². The van der Waals surface area contributed by atoms with E-state index in [-0.39, 0.29) is 6.04 Å². The first kappa shape index (κ1) is 11.7. The number of hydrogen-bond donors (Lipinski definition) is 1. The van der Waals surface area contributed by atoms with Gasteiger partial charge in [0, 0.05) is 6.04 Å². The first-order valence-corrected chi connectivity index (χ1v) is 6.85. The molecule has 80 valence electrons. The Hall–Kier alpha value is -0.390. The zero-order chi connectivity index (χ0) is 10.8. The fourth-order valence-corrected chi connectivity index (χ4v) is 3.26. The van der Waals surface area contributed by atoms with Gasteiger partial charge in [0.1, 0.15) is 4.21 Å². The van der Waals surface area contributed by atoms with Gasteiger partial charge in [-0.2, -0.15) is 0 Å². The molecule has 0 saturated carbocycles. The summed E-state index contributed by atoms with van der Waals surface area (Å²) in [6.07, 6.45) is 0. The minimum atomic E-state index is -3.29. The van der Waals surface area contributed by atoms with Crippen molar-refractivity contribution in [2.75, 3.05) is 0 Å². The second kappa shape index (κ2) is 4.42. The lowest BCUT2D eigenvalue weighted by Gasteiger charge is -2.16. The van der Waals surface area contributed by atoms with Crippen molar-refractivity contribution in [1.29, 1.82) is 0 Å². The Kier molecular flexibility index (Phi) is 3.69. The third kappa shape index (κ3) is 2.80. The van der Waals surface area contributed by atoms with Crippen molar-refractivity contribution in [3.63, 3.8) is 0 Å². The van der Waals surface area contributed by atoms with Crippen LogP contribution in [0.25, 0.3) is 0 Å². The molecule has 0 aliphatic carbocycles. The Morgan fingerprint density at radius 1 is 1.36 bits per heavy atom. The highest BCUT2D eigenvalue weighted by atomic mass is 32.2. The van der Waals surface area contributed by atoms with E-state index in [1.165, 1.54) is 11.3 Å². The number of rotatable bonds is 4. The summed E-state index contributed by atoms with van der Waals surface area (Å²) in [6.45, 7) is 5.85. The molecule has 0 aliphatic heterocycles. The van der Waals surface area contributed by atoms with E-state index in [1.807, 2.05) is 20.8 Å². The van der Waals surface area contributed by atoms with Crippen LogP contribution in [-0.4, -0.2) is 14.5 Å². The fraction of sp³-hybridized carbons (Fsp3) is 0.556. The molecule has 1 aromatic rings. The predicted molar refractivity (Wildman–Crippen MR) is 58.9 cm³/mol. The normalized spacial score (nSPS) is 14.6. The van der Waals surface area contributed by atoms with Crippen LogP contribution in [0, 0.1) is 5.92 Å². The Bertz CT molecular complexity index is 368. The minimum absolute atomic E-state index is 0.0397. The van der Waals surface area contributed by atoms with E-state index in [0.717, 1.165) is 0 Å². The van der Waals surface area contributed by atoms with Crippen molar-refractivity contribution < 1.29 is 8.42 Å². The van der Waals surface area contributed by atoms with Crippen molar-refractivity contribution >= 4 is 21.4 Å². The van der Waals surface area contributed by atoms with Crippen LogP contribution in [0.5, 0.6) is 0 Å². The van der Waals surface area contributed by atoms with E-state index in [2.05, 4.69) is 4.72 Å². The van der Waals surface area contributed by atoms with E-state index in [4.69, 9.17) is 0 Å². The van der Waals surface area contributed by atoms with Crippen LogP contribution >= 0.6 is 11.3 Å². The van der Waals surface area contributed by atoms with Crippen LogP contribution in [-0.2, 0) is 10.0 Å². The van der Waals surface area contributed by atoms with E-state index in [0.29, 0.717) is 10.1 Å². The predicted octanol–water partition coefficient (Wildman–Crippen LogP) is 2.07. The second-order valence-corrected chi connectivity index (χ2v) is 6.47. The lowest BCUT2D eigenvalue weighted by molar-refractivity contribution is 0.477. The Balaban J connectivity index is 2.79. The topological polar surface area (TPSA) is 46.2 Å². The number of hydrogen-bond acceptors (Lipinski definition) is 3. The number of nitrogens with one attached hydrogen (secondary N) is 1. The summed E-state index contributed by atoms with van der Waals surface area (Å²) in [5, 5.41) is 1.76. The average Bonchev–Trinajstić information content (AvgIpc) is 2.54. The first-order valence-electron chi connectivity index (χ1n) is 4.49. The molecule has 0 bridgehead atoms. The van der Waals surface area contributed by atoms with Crippen LogP contribution in [0.1, 0.15) is 20.8 Å². The van der Waals surface area contributed by atoms with Gasteiger partial charge in [-0.05, 0) is 24.3 Å². The lowest BCUT2D eigenvalue weighted by atomic mass is 10.1. The highest BCUT2D eigenvalue weighted by molar-refractivity contribution is 7.91. The van der Waals surface area contributed by atoms with Gasteiger partial charge in [0.15, 0.2) is 0 Å². The Morgan fingerprint density at radius 2 is 2.00 bits per heavy atom. The molecule has 0 spiro atoms. The summed E-state index contributed by atoms with van der Waals surface area (Å²) in [5.74, 6) is 0.296. The maximum atomic E-state index is 11.7. The smallest absolute Gasteiger partial charge is 0.207 e. The van der Waals surface area contributed by atoms with Crippen molar-refractivity contribution in [2.24, 2.45) is 5.92 Å². The number of thiophene rings is 1. The lowest BCUT2D eigenvalue weighted by Crippen LogP contribution is -2.35. The van der Waals surface area contributed by atoms with E-state index in [9.17, 15) is 8.42 Å². The van der Waals surface area contributed by atoms with Crippen molar-refractivity contribution in [3.8, 4) is 0 Å². The van der Waals surface area contributed by atoms with Crippen LogP contribution in [0.2, 0.25) is 0 Å². The molecular formula is C9H15NO2S2. The zero-order valence-electron chi connectivity index (χ0n) is 8.52. The fourth-order valence-electron chi connectivity index (χ4n) is 0.855. The van der Waals surface area contributed by atoms with Crippen molar-refractivity contribution in [2.45, 2.75) is 31.0 Å². The average molecular weight is 233 g/mol. The van der Waals surface area contributed by atoms with E-state index < -0.39 is 10.0 Å². The molecule has 1 heterocycles. The molecule has 0 aliphatic rings. The van der Waals surface area contributed by atoms with Crippen molar-refractivity contribution in [3.05, 3.63) is 17.5 Å². The third-order valence-electron chi connectivity index (χ3n) is 2.10. The maximum absolute atomic E-state index is 11.7. The zero-order valence-corrected chi connectivity index (χ0v) is 10.2. The Morgan fingerprint density at radius 3 is 2.43 bits per heavy atom. The van der Waals surface area contributed by atoms with Gasteiger partial charge in [-0.15, -0.1) is 11.3 Å². The molecule has 1 N–H and O–H groups in total. The van der Waals surface area contributed by atoms with Crippen LogP contribution in [0.3, 0.4) is 0 Å². The molecule has 0 aromatic carbocycles. The summed E-state index contributed by atoms with van der Waals surface area (Å²) in [6, 6.07) is 3.31. The SMILES string of the molecule is CC(C)[C@@H](C)NS(=O)(=O)c1cccs1. The van der Waals surface area contributed by atoms with Gasteiger partial charge in [0.25, 0.3) is 0 Å². The maximum Gasteiger partial charge on any atom is 0.250 e. The van der Waals surface area contributed by atoms with Gasteiger partial charge in [0.2, 0.25) is 10.0 Å². The monoisotopic (exact) mass is 233 g/mol. The van der Waals surface area contributed by atoms with Crippen LogP contribution in [0.4, 0.5) is 0 Å². The molecule has 0 saturated heterocycles. The summed E-state index contributed by atoms with van der Waals surface area (Å²) in [7, 11) is -3.29. The molecule has 1 aromatic heterocycles. The van der Waals surface area contributed by atoms with Gasteiger partial charge in [-0.1, -0.05) is 19.9 Å². The van der Waals surface area contributed by atoms with Crippen molar-refractivity contribution in [1.82, 2.24) is 4.72 Å². The van der Waals surface area contributed by atoms with Crippen LogP contribution < -0.4 is 4.72 Å². The molecule has 5 heteroatoms. The Labute approximate surface area is 89.2 Å². The molecule has 0 amide bonds. The molecule has 0 fully saturated rings. The third-order valence-corrected chi connectivity index (χ3v) is 5.06.